The molecule has 8 nitrogen and oxygen atoms in total. The fourth-order valence-electron chi connectivity index (χ4n) is 0.919. The fourth-order valence-corrected chi connectivity index (χ4v) is 0.919. The second-order valence-corrected chi connectivity index (χ2v) is 3.06. The summed E-state index contributed by atoms with van der Waals surface area (Å²) in [6.07, 6.45) is 0.0244. The van der Waals surface area contributed by atoms with Crippen LogP contribution >= 0.6 is 0 Å². The van der Waals surface area contributed by atoms with Gasteiger partial charge in [0.15, 0.2) is 11.9 Å². The van der Waals surface area contributed by atoms with Gasteiger partial charge in [0.25, 0.3) is 0 Å². The first-order chi connectivity index (χ1) is 7.49. The van der Waals surface area contributed by atoms with Gasteiger partial charge in [-0.05, 0) is 0 Å². The number of carboxylic acids is 1. The lowest BCUT2D eigenvalue weighted by Crippen LogP contribution is -2.38. The summed E-state index contributed by atoms with van der Waals surface area (Å²) in [5.41, 5.74) is 0. The standard InChI is InChI=1S/C8H12N4O4/c1-12-3-2-6(11-12)10-8(16)9-4-5(13)7(14)15/h2-3,5,13H,4H2,1H3,(H,14,15)(H2,9,10,11,16)/t5-/m0/s1. The molecule has 4 N–H and O–H groups in total. The van der Waals surface area contributed by atoms with Crippen LogP contribution in [-0.2, 0) is 11.8 Å². The number of nitrogens with one attached hydrogen (secondary N) is 2. The van der Waals surface area contributed by atoms with Crippen molar-refractivity contribution in [2.45, 2.75) is 6.10 Å². The number of urea groups is 1. The number of nitrogens with zero attached hydrogens (tertiary/aromatic N) is 2. The minimum atomic E-state index is -1.62. The highest BCUT2D eigenvalue weighted by atomic mass is 16.4. The molecule has 0 fully saturated rings. The summed E-state index contributed by atoms with van der Waals surface area (Å²) in [7, 11) is 1.69. The van der Waals surface area contributed by atoms with E-state index in [2.05, 4.69) is 15.7 Å². The van der Waals surface area contributed by atoms with Crippen molar-refractivity contribution in [3.05, 3.63) is 12.3 Å². The average molecular weight is 228 g/mol. The molecule has 2 amide bonds. The second kappa shape index (κ2) is 5.12. The SMILES string of the molecule is Cn1ccc(NC(=O)NC[C@H](O)C(=O)O)n1. The number of aliphatic hydroxyl groups excluding tert-OH is 1. The van der Waals surface area contributed by atoms with Crippen molar-refractivity contribution in [1.29, 1.82) is 0 Å². The maximum atomic E-state index is 11.2. The molecule has 0 aliphatic carbocycles. The van der Waals surface area contributed by atoms with Gasteiger partial charge in [-0.3, -0.25) is 10.00 Å². The van der Waals surface area contributed by atoms with Gasteiger partial charge in [-0.1, -0.05) is 0 Å². The lowest BCUT2D eigenvalue weighted by molar-refractivity contribution is -0.146. The highest BCUT2D eigenvalue weighted by Gasteiger charge is 2.14. The Morgan fingerprint density at radius 3 is 2.81 bits per heavy atom. The first-order valence-electron chi connectivity index (χ1n) is 4.44. The highest BCUT2D eigenvalue weighted by Crippen LogP contribution is 1.99. The number of carboxylic acid groups (broad SMARTS) is 1. The Bertz CT molecular complexity index is 389. The highest BCUT2D eigenvalue weighted by molar-refractivity contribution is 5.88. The third-order valence-electron chi connectivity index (χ3n) is 1.70. The van der Waals surface area contributed by atoms with Crippen molar-refractivity contribution >= 4 is 17.8 Å². The molecule has 1 heterocycles. The number of aliphatic carboxylic acids is 1. The van der Waals surface area contributed by atoms with Crippen LogP contribution in [0.1, 0.15) is 0 Å². The number of aliphatic hydroxyl groups is 1. The number of rotatable bonds is 4. The molecule has 0 aliphatic rings. The Morgan fingerprint density at radius 2 is 2.31 bits per heavy atom. The molecule has 0 spiro atoms. The Balaban J connectivity index is 2.34. The summed E-state index contributed by atoms with van der Waals surface area (Å²) >= 11 is 0. The van der Waals surface area contributed by atoms with Crippen LogP contribution in [0.15, 0.2) is 12.3 Å². The summed E-state index contributed by atoms with van der Waals surface area (Å²) in [5.74, 6) is -1.05. The minimum Gasteiger partial charge on any atom is -0.479 e. The molecule has 0 bridgehead atoms. The number of aromatic nitrogens is 2. The van der Waals surface area contributed by atoms with E-state index in [1.54, 1.807) is 19.3 Å². The number of amides is 2. The van der Waals surface area contributed by atoms with Crippen molar-refractivity contribution in [2.75, 3.05) is 11.9 Å². The summed E-state index contributed by atoms with van der Waals surface area (Å²) in [6.45, 7) is -0.367. The Kier molecular flexibility index (Phi) is 3.84. The molecule has 1 aromatic rings. The predicted octanol–water partition coefficient (Wildman–Crippen LogP) is -1.01. The molecule has 0 aromatic carbocycles. The number of aryl methyl sites for hydroxylation is 1. The Labute approximate surface area is 90.9 Å². The van der Waals surface area contributed by atoms with Crippen LogP contribution in [0.5, 0.6) is 0 Å². The quantitative estimate of drug-likeness (QED) is 0.526. The zero-order valence-electron chi connectivity index (χ0n) is 8.54. The van der Waals surface area contributed by atoms with E-state index in [1.165, 1.54) is 4.68 Å². The van der Waals surface area contributed by atoms with Crippen molar-refractivity contribution in [3.8, 4) is 0 Å². The zero-order valence-corrected chi connectivity index (χ0v) is 8.54. The first kappa shape index (κ1) is 12.0. The van der Waals surface area contributed by atoms with Gasteiger partial charge in [-0.15, -0.1) is 0 Å². The monoisotopic (exact) mass is 228 g/mol. The smallest absolute Gasteiger partial charge is 0.334 e. The molecule has 0 unspecified atom stereocenters. The van der Waals surface area contributed by atoms with E-state index < -0.39 is 18.1 Å². The van der Waals surface area contributed by atoms with Gasteiger partial charge in [-0.25, -0.2) is 9.59 Å². The molecule has 88 valence electrons. The van der Waals surface area contributed by atoms with Crippen molar-refractivity contribution in [1.82, 2.24) is 15.1 Å². The van der Waals surface area contributed by atoms with Crippen molar-refractivity contribution in [3.63, 3.8) is 0 Å². The van der Waals surface area contributed by atoms with Gasteiger partial charge in [0, 0.05) is 19.3 Å². The van der Waals surface area contributed by atoms with Gasteiger partial charge in [0.1, 0.15) is 0 Å². The van der Waals surface area contributed by atoms with Gasteiger partial charge in [0.05, 0.1) is 6.54 Å². The molecule has 0 aliphatic heterocycles. The van der Waals surface area contributed by atoms with E-state index >= 15 is 0 Å². The van der Waals surface area contributed by atoms with Crippen LogP contribution in [0.4, 0.5) is 10.6 Å². The van der Waals surface area contributed by atoms with Gasteiger partial charge < -0.3 is 15.5 Å². The van der Waals surface area contributed by atoms with Gasteiger partial charge in [-0.2, -0.15) is 5.10 Å². The minimum absolute atomic E-state index is 0.338. The van der Waals surface area contributed by atoms with E-state index in [9.17, 15) is 9.59 Å². The molecule has 8 heteroatoms. The molecule has 16 heavy (non-hydrogen) atoms. The first-order valence-corrected chi connectivity index (χ1v) is 4.44. The lowest BCUT2D eigenvalue weighted by Gasteiger charge is -2.07. The van der Waals surface area contributed by atoms with Crippen molar-refractivity contribution < 1.29 is 19.8 Å². The molecular weight excluding hydrogens is 216 g/mol. The normalized spacial score (nSPS) is 11.9. The van der Waals surface area contributed by atoms with E-state index in [0.717, 1.165) is 0 Å². The zero-order chi connectivity index (χ0) is 12.1. The van der Waals surface area contributed by atoms with E-state index in [1.807, 2.05) is 0 Å². The van der Waals surface area contributed by atoms with E-state index in [0.29, 0.717) is 5.82 Å². The third-order valence-corrected chi connectivity index (χ3v) is 1.70. The topological polar surface area (TPSA) is 116 Å². The van der Waals surface area contributed by atoms with Crippen LogP contribution in [0.2, 0.25) is 0 Å². The van der Waals surface area contributed by atoms with Crippen LogP contribution in [0.25, 0.3) is 0 Å². The summed E-state index contributed by atoms with van der Waals surface area (Å²) in [4.78, 5) is 21.4. The van der Waals surface area contributed by atoms with Crippen LogP contribution in [0, 0.1) is 0 Å². The lowest BCUT2D eigenvalue weighted by atomic mass is 10.4. The average Bonchev–Trinajstić information content (AvgIpc) is 2.60. The fraction of sp³-hybridized carbons (Fsp3) is 0.375. The maximum absolute atomic E-state index is 11.2. The Hall–Kier alpha value is -2.09. The van der Waals surface area contributed by atoms with E-state index in [-0.39, 0.29) is 6.54 Å². The number of hydrogen-bond acceptors (Lipinski definition) is 4. The number of carbonyl (C=O) groups is 2. The van der Waals surface area contributed by atoms with E-state index in [4.69, 9.17) is 10.2 Å². The number of carbonyl (C=O) groups excluding carboxylic acids is 1. The summed E-state index contributed by atoms with van der Waals surface area (Å²) in [5, 5.41) is 25.7. The number of hydrogen-bond donors (Lipinski definition) is 4. The largest absolute Gasteiger partial charge is 0.479 e. The predicted molar refractivity (Wildman–Crippen MR) is 53.9 cm³/mol. The van der Waals surface area contributed by atoms with Crippen molar-refractivity contribution in [2.24, 2.45) is 7.05 Å². The maximum Gasteiger partial charge on any atom is 0.334 e. The van der Waals surface area contributed by atoms with Gasteiger partial charge >= 0.3 is 12.0 Å². The molecule has 0 saturated heterocycles. The molecule has 0 saturated carbocycles. The second-order valence-electron chi connectivity index (χ2n) is 3.06. The summed E-state index contributed by atoms with van der Waals surface area (Å²) in [6, 6.07) is 0.951. The van der Waals surface area contributed by atoms with Crippen LogP contribution in [0.3, 0.4) is 0 Å². The molecule has 1 atom stereocenters. The number of anilines is 1. The Morgan fingerprint density at radius 1 is 1.62 bits per heavy atom. The molecule has 0 radical (unpaired) electrons. The molecule has 1 aromatic heterocycles. The molecular formula is C8H12N4O4. The third kappa shape index (κ3) is 3.58. The van der Waals surface area contributed by atoms with Crippen LogP contribution < -0.4 is 10.6 Å². The van der Waals surface area contributed by atoms with Crippen LogP contribution in [-0.4, -0.2) is 44.6 Å². The summed E-state index contributed by atoms with van der Waals surface area (Å²) < 4.78 is 1.50. The van der Waals surface area contributed by atoms with Gasteiger partial charge in [0.2, 0.25) is 0 Å². The molecule has 1 rings (SSSR count).